The summed E-state index contributed by atoms with van der Waals surface area (Å²) < 4.78 is 14.6. The summed E-state index contributed by atoms with van der Waals surface area (Å²) in [5.41, 5.74) is 1.62. The molecule has 0 saturated heterocycles. The van der Waals surface area contributed by atoms with Gasteiger partial charge >= 0.3 is 5.56 Å². The Bertz CT molecular complexity index is 1060. The van der Waals surface area contributed by atoms with Gasteiger partial charge in [0.2, 0.25) is 0 Å². The molecule has 0 saturated carbocycles. The highest BCUT2D eigenvalue weighted by Crippen LogP contribution is 2.44. The molecule has 0 spiro atoms. The van der Waals surface area contributed by atoms with Crippen molar-refractivity contribution in [3.8, 4) is 22.6 Å². The molecule has 1 aliphatic rings. The van der Waals surface area contributed by atoms with Gasteiger partial charge in [0.15, 0.2) is 0 Å². The second-order valence-electron chi connectivity index (χ2n) is 6.57. The fraction of sp³-hybridized carbons (Fsp3) is 0.400. The number of benzene rings is 1. The van der Waals surface area contributed by atoms with Crippen LogP contribution in [0, 0.1) is 0 Å². The summed E-state index contributed by atoms with van der Waals surface area (Å²) in [7, 11) is 5.04. The fourth-order valence-corrected chi connectivity index (χ4v) is 4.19. The number of methoxy groups -OCH3 is 2. The van der Waals surface area contributed by atoms with E-state index in [2.05, 4.69) is 17.6 Å². The highest BCUT2D eigenvalue weighted by atomic mass is 35.5. The number of halogens is 2. The smallest absolute Gasteiger partial charge is 0.341 e. The van der Waals surface area contributed by atoms with E-state index >= 15 is 0 Å². The zero-order valence-corrected chi connectivity index (χ0v) is 17.6. The number of nitrogens with zero attached hydrogens (tertiary/aromatic N) is 2. The van der Waals surface area contributed by atoms with Crippen molar-refractivity contribution in [2.24, 2.45) is 0 Å². The minimum Gasteiger partial charge on any atom is -0.495 e. The predicted molar refractivity (Wildman–Crippen MR) is 110 cm³/mol. The number of fused-ring (bicyclic) bond motifs is 1. The van der Waals surface area contributed by atoms with E-state index in [-0.39, 0.29) is 5.56 Å². The largest absolute Gasteiger partial charge is 0.495 e. The number of aromatic nitrogens is 1. The molecule has 1 aromatic carbocycles. The Hall–Kier alpha value is -1.98. The number of hydrogen-bond acceptors (Lipinski definition) is 3. The molecule has 1 unspecified atom stereocenters. The van der Waals surface area contributed by atoms with Crippen LogP contribution in [-0.4, -0.2) is 31.9 Å². The molecule has 0 N–H and O–H groups in total. The average molecular weight is 410 g/mol. The van der Waals surface area contributed by atoms with E-state index in [1.54, 1.807) is 10.6 Å². The van der Waals surface area contributed by atoms with Gasteiger partial charge in [-0.1, -0.05) is 29.3 Å². The van der Waals surface area contributed by atoms with Crippen molar-refractivity contribution in [1.82, 2.24) is 9.14 Å². The van der Waals surface area contributed by atoms with Gasteiger partial charge in [0.05, 0.1) is 54.7 Å². The molecule has 7 heteroatoms. The van der Waals surface area contributed by atoms with Crippen LogP contribution in [-0.2, 0) is 6.54 Å². The molecule has 3 rings (SSSR count). The van der Waals surface area contributed by atoms with Gasteiger partial charge in [0.25, 0.3) is 5.49 Å². The molecule has 1 aliphatic heterocycles. The molecule has 1 aromatic heterocycles. The number of ether oxygens (including phenoxy) is 2. The summed E-state index contributed by atoms with van der Waals surface area (Å²) >= 11 is 13.1. The minimum absolute atomic E-state index is 0.148. The third-order valence-corrected chi connectivity index (χ3v) is 5.87. The van der Waals surface area contributed by atoms with E-state index in [9.17, 15) is 4.79 Å². The van der Waals surface area contributed by atoms with Crippen LogP contribution in [0.4, 0.5) is 0 Å². The van der Waals surface area contributed by atoms with E-state index in [1.807, 2.05) is 20.0 Å². The van der Waals surface area contributed by atoms with E-state index in [1.165, 1.54) is 14.2 Å². The van der Waals surface area contributed by atoms with Crippen LogP contribution in [0.1, 0.15) is 20.3 Å². The maximum atomic E-state index is 13.4. The van der Waals surface area contributed by atoms with E-state index in [0.717, 1.165) is 17.1 Å². The van der Waals surface area contributed by atoms with Crippen molar-refractivity contribution in [3.63, 3.8) is 0 Å². The average Bonchev–Trinajstić information content (AvgIpc) is 2.66. The highest BCUT2D eigenvalue weighted by Gasteiger charge is 2.26. The summed E-state index contributed by atoms with van der Waals surface area (Å²) in [6.07, 6.45) is 3.04. The number of rotatable bonds is 4. The van der Waals surface area contributed by atoms with Gasteiger partial charge in [-0.2, -0.15) is 4.57 Å². The lowest BCUT2D eigenvalue weighted by Gasteiger charge is -2.17. The van der Waals surface area contributed by atoms with Gasteiger partial charge < -0.3 is 9.47 Å². The molecule has 5 nitrogen and oxygen atoms in total. The van der Waals surface area contributed by atoms with Crippen LogP contribution < -0.4 is 30.3 Å². The summed E-state index contributed by atoms with van der Waals surface area (Å²) in [5, 5.41) is 1.57. The summed E-state index contributed by atoms with van der Waals surface area (Å²) in [5.74, 6) is 0.811. The fourth-order valence-electron chi connectivity index (χ4n) is 3.48. The second kappa shape index (κ2) is 7.56. The standard InChI is InChI=1S/C20H23Cl2N2O3/c1-6-24-19-12(8-7-11(2)23(19)3)9-13(20(24)25)16-17(21)14(26-4)10-15(27-5)18(16)22/h8-11H,6-7H2,1-5H3/q+1. The third kappa shape index (κ3) is 3.13. The molecule has 27 heavy (non-hydrogen) atoms. The zero-order valence-electron chi connectivity index (χ0n) is 16.1. The molecule has 1 atom stereocenters. The van der Waals surface area contributed by atoms with Crippen molar-refractivity contribution in [2.45, 2.75) is 32.9 Å². The Labute approximate surface area is 168 Å². The van der Waals surface area contributed by atoms with Gasteiger partial charge in [0, 0.05) is 18.1 Å². The van der Waals surface area contributed by atoms with Gasteiger partial charge in [-0.05, 0) is 19.9 Å². The van der Waals surface area contributed by atoms with Crippen LogP contribution >= 0.6 is 23.2 Å². The lowest BCUT2D eigenvalue weighted by molar-refractivity contribution is 0.395. The van der Waals surface area contributed by atoms with Gasteiger partial charge in [-0.3, -0.25) is 4.58 Å². The highest BCUT2D eigenvalue weighted by molar-refractivity contribution is 6.41. The topological polar surface area (TPSA) is 43.5 Å². The van der Waals surface area contributed by atoms with Crippen LogP contribution in [0.15, 0.2) is 16.9 Å². The third-order valence-electron chi connectivity index (χ3n) is 5.12. The molecule has 0 bridgehead atoms. The minimum atomic E-state index is -0.148. The van der Waals surface area contributed by atoms with Crippen molar-refractivity contribution in [2.75, 3.05) is 21.3 Å². The van der Waals surface area contributed by atoms with Crippen LogP contribution in [0.3, 0.4) is 0 Å². The monoisotopic (exact) mass is 409 g/mol. The molecule has 0 aliphatic carbocycles. The molecule has 2 aromatic rings. The SMILES string of the molecule is CCn1c(=O)c(-c2c(Cl)c(OC)cc(OC)c2Cl)cc2c1=[N+](C)C(C)CC=2. The number of hydrogen-bond donors (Lipinski definition) is 0. The van der Waals surface area contributed by atoms with E-state index in [0.29, 0.717) is 45.3 Å². The first kappa shape index (κ1) is 19.8. The Balaban J connectivity index is 2.49. The summed E-state index contributed by atoms with van der Waals surface area (Å²) in [6.45, 7) is 4.63. The lowest BCUT2D eigenvalue weighted by atomic mass is 10.0. The van der Waals surface area contributed by atoms with Crippen LogP contribution in [0.5, 0.6) is 11.5 Å². The maximum absolute atomic E-state index is 13.4. The van der Waals surface area contributed by atoms with Gasteiger partial charge in [-0.15, -0.1) is 0 Å². The molecular weight excluding hydrogens is 387 g/mol. The predicted octanol–water partition coefficient (Wildman–Crippen LogP) is 2.55. The molecule has 0 fully saturated rings. The second-order valence-corrected chi connectivity index (χ2v) is 7.33. The zero-order chi connectivity index (χ0) is 19.9. The lowest BCUT2D eigenvalue weighted by Crippen LogP contribution is -2.55. The van der Waals surface area contributed by atoms with Crippen molar-refractivity contribution >= 4 is 29.3 Å². The normalized spacial score (nSPS) is 16.0. The Kier molecular flexibility index (Phi) is 5.54. The number of pyridine rings is 1. The molecule has 144 valence electrons. The van der Waals surface area contributed by atoms with Gasteiger partial charge in [0.1, 0.15) is 11.5 Å². The molecular formula is C20H23Cl2N2O3+. The molecule has 0 amide bonds. The first-order valence-corrected chi connectivity index (χ1v) is 9.55. The summed E-state index contributed by atoms with van der Waals surface area (Å²) in [6, 6.07) is 3.80. The first-order chi connectivity index (χ1) is 12.8. The van der Waals surface area contributed by atoms with Crippen LogP contribution in [0.25, 0.3) is 17.2 Å². The van der Waals surface area contributed by atoms with Gasteiger partial charge in [-0.25, -0.2) is 4.79 Å². The Morgan fingerprint density at radius 1 is 1.19 bits per heavy atom. The van der Waals surface area contributed by atoms with Crippen molar-refractivity contribution in [1.29, 1.82) is 0 Å². The summed E-state index contributed by atoms with van der Waals surface area (Å²) in [4.78, 5) is 13.4. The Morgan fingerprint density at radius 2 is 1.78 bits per heavy atom. The van der Waals surface area contributed by atoms with E-state index in [4.69, 9.17) is 32.7 Å². The van der Waals surface area contributed by atoms with Crippen LogP contribution in [0.2, 0.25) is 10.0 Å². The van der Waals surface area contributed by atoms with Crippen molar-refractivity contribution in [3.05, 3.63) is 43.2 Å². The van der Waals surface area contributed by atoms with E-state index < -0.39 is 0 Å². The Morgan fingerprint density at radius 3 is 2.30 bits per heavy atom. The van der Waals surface area contributed by atoms with Crippen molar-refractivity contribution < 1.29 is 9.47 Å². The first-order valence-electron chi connectivity index (χ1n) is 8.79. The molecule has 2 heterocycles. The maximum Gasteiger partial charge on any atom is 0.341 e. The molecule has 0 radical (unpaired) electrons. The quantitative estimate of drug-likeness (QED) is 0.728.